The fourth-order valence-corrected chi connectivity index (χ4v) is 4.52. The zero-order chi connectivity index (χ0) is 32.6. The fraction of sp³-hybridized carbons (Fsp3) is 0.297. The van der Waals surface area contributed by atoms with E-state index in [1.807, 2.05) is 81.5 Å². The van der Waals surface area contributed by atoms with Crippen LogP contribution in [0, 0.1) is 5.82 Å². The van der Waals surface area contributed by atoms with Crippen molar-refractivity contribution in [3.05, 3.63) is 113 Å². The maximum absolute atomic E-state index is 15.9. The van der Waals surface area contributed by atoms with Crippen LogP contribution in [0.3, 0.4) is 0 Å². The average Bonchev–Trinajstić information content (AvgIpc) is 3.47. The van der Waals surface area contributed by atoms with Crippen molar-refractivity contribution >= 4 is 24.2 Å². The van der Waals surface area contributed by atoms with Gasteiger partial charge in [-0.2, -0.15) is 0 Å². The minimum Gasteiger partial charge on any atom is -0.489 e. The van der Waals surface area contributed by atoms with E-state index in [0.29, 0.717) is 33.8 Å². The molecule has 0 aliphatic rings. The lowest BCUT2D eigenvalue weighted by molar-refractivity contribution is -0.153. The van der Waals surface area contributed by atoms with Gasteiger partial charge in [-0.05, 0) is 101 Å². The van der Waals surface area contributed by atoms with Crippen LogP contribution in [0.15, 0.2) is 83.5 Å². The summed E-state index contributed by atoms with van der Waals surface area (Å²) in [6, 6.07) is 21.7. The Kier molecular flexibility index (Phi) is 10.5. The number of nitrogens with one attached hydrogen (secondary N) is 1. The molecule has 1 heterocycles. The molecule has 0 saturated heterocycles. The number of rotatable bonds is 10. The summed E-state index contributed by atoms with van der Waals surface area (Å²) in [5.41, 5.74) is 2.37. The number of para-hydroxylation sites is 1. The molecule has 1 aromatic heterocycles. The average molecular weight is 614 g/mol. The van der Waals surface area contributed by atoms with Crippen LogP contribution in [0.5, 0.6) is 5.75 Å². The zero-order valence-electron chi connectivity index (χ0n) is 26.6. The Labute approximate surface area is 264 Å². The van der Waals surface area contributed by atoms with Crippen LogP contribution >= 0.6 is 0 Å². The second kappa shape index (κ2) is 14.3. The molecule has 0 spiro atoms. The highest BCUT2D eigenvalue weighted by atomic mass is 19.1. The van der Waals surface area contributed by atoms with Crippen molar-refractivity contribution in [2.75, 3.05) is 0 Å². The van der Waals surface area contributed by atoms with Crippen LogP contribution in [0.1, 0.15) is 69.6 Å². The number of alkyl carbamates (subject to hydrolysis) is 1. The molecule has 3 aromatic carbocycles. The molecule has 0 bridgehead atoms. The highest BCUT2D eigenvalue weighted by Crippen LogP contribution is 2.29. The molecule has 7 nitrogen and oxygen atoms in total. The van der Waals surface area contributed by atoms with Crippen LogP contribution < -0.4 is 10.1 Å². The van der Waals surface area contributed by atoms with Crippen LogP contribution in [-0.4, -0.2) is 23.3 Å². The first-order chi connectivity index (χ1) is 21.3. The van der Waals surface area contributed by atoms with E-state index in [-0.39, 0.29) is 25.5 Å². The molecule has 1 N–H and O–H groups in total. The third kappa shape index (κ3) is 10.4. The second-order valence-corrected chi connectivity index (χ2v) is 12.6. The molecule has 0 saturated carbocycles. The van der Waals surface area contributed by atoms with Gasteiger partial charge >= 0.3 is 12.1 Å². The first-order valence-electron chi connectivity index (χ1n) is 14.8. The predicted octanol–water partition coefficient (Wildman–Crippen LogP) is 8.74. The lowest BCUT2D eigenvalue weighted by Crippen LogP contribution is -2.32. The number of esters is 1. The first-order valence-corrected chi connectivity index (χ1v) is 14.8. The van der Waals surface area contributed by atoms with Gasteiger partial charge in [0.2, 0.25) is 0 Å². The Morgan fingerprint density at radius 2 is 1.58 bits per heavy atom. The van der Waals surface area contributed by atoms with Gasteiger partial charge in [-0.15, -0.1) is 0 Å². The van der Waals surface area contributed by atoms with E-state index in [1.165, 1.54) is 0 Å². The summed E-state index contributed by atoms with van der Waals surface area (Å²) in [5.74, 6) is 0.441. The third-order valence-corrected chi connectivity index (χ3v) is 6.33. The number of ether oxygens (including phenoxy) is 3. The number of carbonyl (C=O) groups is 2. The van der Waals surface area contributed by atoms with Gasteiger partial charge in [-0.3, -0.25) is 4.79 Å². The van der Waals surface area contributed by atoms with Crippen molar-refractivity contribution in [1.29, 1.82) is 0 Å². The van der Waals surface area contributed by atoms with E-state index in [1.54, 1.807) is 51.3 Å². The summed E-state index contributed by atoms with van der Waals surface area (Å²) < 4.78 is 38.3. The lowest BCUT2D eigenvalue weighted by atomic mass is 9.97. The van der Waals surface area contributed by atoms with Gasteiger partial charge in [0.25, 0.3) is 0 Å². The van der Waals surface area contributed by atoms with Crippen molar-refractivity contribution in [2.45, 2.75) is 72.3 Å². The predicted molar refractivity (Wildman–Crippen MR) is 173 cm³/mol. The summed E-state index contributed by atoms with van der Waals surface area (Å²) in [6.07, 6.45) is 4.76. The standard InChI is InChI=1S/C37H40FNO6/c1-36(2,3)44-33(40)22-27-11-7-8-15-32(27)43-24-26-19-25(16-17-30-13-10-18-42-30)20-29(21-26)31-14-9-12-28(34(31)38)23-39-35(41)45-37(4,5)6/h7-21H,22-24H2,1-6H3,(H,39,41)/b17-16+. The maximum atomic E-state index is 15.9. The van der Waals surface area contributed by atoms with Crippen LogP contribution in [0.25, 0.3) is 23.3 Å². The van der Waals surface area contributed by atoms with Crippen LogP contribution in [0.2, 0.25) is 0 Å². The molecule has 0 aliphatic carbocycles. The molecule has 0 aliphatic heterocycles. The van der Waals surface area contributed by atoms with E-state index in [2.05, 4.69) is 5.32 Å². The topological polar surface area (TPSA) is 87.0 Å². The molecule has 236 valence electrons. The van der Waals surface area contributed by atoms with Gasteiger partial charge in [0.15, 0.2) is 0 Å². The van der Waals surface area contributed by atoms with Crippen LogP contribution in [-0.2, 0) is 33.8 Å². The Morgan fingerprint density at radius 1 is 0.844 bits per heavy atom. The fourth-order valence-electron chi connectivity index (χ4n) is 4.52. The van der Waals surface area contributed by atoms with Crippen molar-refractivity contribution < 1.29 is 32.6 Å². The summed E-state index contributed by atoms with van der Waals surface area (Å²) in [6.45, 7) is 10.9. The normalized spacial score (nSPS) is 11.8. The molecule has 0 fully saturated rings. The summed E-state index contributed by atoms with van der Waals surface area (Å²) >= 11 is 0. The number of amides is 1. The second-order valence-electron chi connectivity index (χ2n) is 12.6. The SMILES string of the molecule is CC(C)(C)OC(=O)Cc1ccccc1OCc1cc(/C=C/c2ccco2)cc(-c2cccc(CNC(=O)OC(C)(C)C)c2F)c1. The number of carbonyl (C=O) groups excluding carboxylic acids is 2. The summed E-state index contributed by atoms with van der Waals surface area (Å²) in [4.78, 5) is 24.7. The van der Waals surface area contributed by atoms with E-state index in [9.17, 15) is 9.59 Å². The molecule has 0 radical (unpaired) electrons. The molecule has 1 amide bonds. The van der Waals surface area contributed by atoms with Gasteiger partial charge < -0.3 is 23.9 Å². The number of halogens is 1. The molecular formula is C37H40FNO6. The minimum atomic E-state index is -0.664. The van der Waals surface area contributed by atoms with Gasteiger partial charge in [0.1, 0.15) is 35.1 Å². The Bertz CT molecular complexity index is 1640. The molecule has 4 aromatic rings. The van der Waals surface area contributed by atoms with Crippen LogP contribution in [0.4, 0.5) is 9.18 Å². The highest BCUT2D eigenvalue weighted by Gasteiger charge is 2.19. The van der Waals surface area contributed by atoms with Gasteiger partial charge in [-0.1, -0.05) is 42.5 Å². The van der Waals surface area contributed by atoms with Gasteiger partial charge in [0.05, 0.1) is 12.7 Å². The molecule has 0 unspecified atom stereocenters. The van der Waals surface area contributed by atoms with E-state index in [4.69, 9.17) is 18.6 Å². The lowest BCUT2D eigenvalue weighted by Gasteiger charge is -2.20. The zero-order valence-corrected chi connectivity index (χ0v) is 26.6. The summed E-state index contributed by atoms with van der Waals surface area (Å²) in [7, 11) is 0. The molecule has 4 rings (SSSR count). The summed E-state index contributed by atoms with van der Waals surface area (Å²) in [5, 5.41) is 2.63. The van der Waals surface area contributed by atoms with E-state index < -0.39 is 23.1 Å². The Morgan fingerprint density at radius 3 is 2.29 bits per heavy atom. The number of hydrogen-bond acceptors (Lipinski definition) is 6. The Hall–Kier alpha value is -4.85. The molecule has 45 heavy (non-hydrogen) atoms. The highest BCUT2D eigenvalue weighted by molar-refractivity contribution is 5.75. The first kappa shape index (κ1) is 33.1. The van der Waals surface area contributed by atoms with Crippen molar-refractivity contribution in [3.8, 4) is 16.9 Å². The van der Waals surface area contributed by atoms with Gasteiger partial charge in [0, 0.05) is 23.2 Å². The number of furan rings is 1. The molecule has 8 heteroatoms. The smallest absolute Gasteiger partial charge is 0.407 e. The van der Waals surface area contributed by atoms with Crippen molar-refractivity contribution in [3.63, 3.8) is 0 Å². The van der Waals surface area contributed by atoms with E-state index in [0.717, 1.165) is 11.1 Å². The quantitative estimate of drug-likeness (QED) is 0.180. The van der Waals surface area contributed by atoms with Gasteiger partial charge in [-0.25, -0.2) is 9.18 Å². The maximum Gasteiger partial charge on any atom is 0.407 e. The minimum absolute atomic E-state index is 0.0307. The van der Waals surface area contributed by atoms with E-state index >= 15 is 4.39 Å². The molecule has 0 atom stereocenters. The number of hydrogen-bond donors (Lipinski definition) is 1. The Balaban J connectivity index is 1.61. The van der Waals surface area contributed by atoms with Crippen molar-refractivity contribution in [2.24, 2.45) is 0 Å². The monoisotopic (exact) mass is 613 g/mol. The largest absolute Gasteiger partial charge is 0.489 e. The molecular weight excluding hydrogens is 573 g/mol. The van der Waals surface area contributed by atoms with Crippen molar-refractivity contribution in [1.82, 2.24) is 5.32 Å². The number of benzene rings is 3. The third-order valence-electron chi connectivity index (χ3n) is 6.33.